The van der Waals surface area contributed by atoms with Gasteiger partial charge >= 0.3 is 11.3 Å². The lowest BCUT2D eigenvalue weighted by Crippen LogP contribution is -2.34. The number of nitrogens with zero attached hydrogens (tertiary/aromatic N) is 2. The number of carbonyl (C=O) groups is 2. The molecule has 0 aliphatic heterocycles. The van der Waals surface area contributed by atoms with Gasteiger partial charge in [-0.2, -0.15) is 0 Å². The van der Waals surface area contributed by atoms with Gasteiger partial charge in [0.25, 0.3) is 0 Å². The van der Waals surface area contributed by atoms with E-state index in [4.69, 9.17) is 9.15 Å². The number of alkyl carbamates (subject to hydrolysis) is 1. The second-order valence-corrected chi connectivity index (χ2v) is 9.77. The average molecular weight is 439 g/mol. The number of anilines is 1. The van der Waals surface area contributed by atoms with Crippen molar-refractivity contribution in [3.8, 4) is 0 Å². The predicted molar refractivity (Wildman–Crippen MR) is 109 cm³/mol. The summed E-state index contributed by atoms with van der Waals surface area (Å²) in [5, 5.41) is 11.5. The molecule has 1 aromatic carbocycles. The molecule has 0 fully saturated rings. The summed E-state index contributed by atoms with van der Waals surface area (Å²) in [6, 6.07) is 4.58. The highest BCUT2D eigenvalue weighted by molar-refractivity contribution is 7.91. The second kappa shape index (κ2) is 8.82. The number of amides is 2. The van der Waals surface area contributed by atoms with Crippen LogP contribution in [0.4, 0.5) is 10.5 Å². The lowest BCUT2D eigenvalue weighted by atomic mass is 10.1. The zero-order valence-electron chi connectivity index (χ0n) is 17.8. The first-order valence-electron chi connectivity index (χ1n) is 9.19. The molecule has 2 rings (SSSR count). The lowest BCUT2D eigenvalue weighted by molar-refractivity contribution is -0.113. The van der Waals surface area contributed by atoms with Crippen molar-refractivity contribution in [3.63, 3.8) is 0 Å². The van der Waals surface area contributed by atoms with Crippen molar-refractivity contribution in [3.05, 3.63) is 35.2 Å². The maximum Gasteiger partial charge on any atom is 0.408 e. The second-order valence-electron chi connectivity index (χ2n) is 7.90. The molecular formula is C19H26N4O6S. The van der Waals surface area contributed by atoms with E-state index < -0.39 is 44.5 Å². The number of aryl methyl sites for hydroxylation is 2. The smallest absolute Gasteiger partial charge is 0.408 e. The SMILES string of the molecule is Cc1ccc(NC(=O)CS(=O)(=O)c2nnc([C@H](C)NC(=O)OC(C)(C)C)o2)c(C)c1. The van der Waals surface area contributed by atoms with E-state index in [2.05, 4.69) is 20.8 Å². The number of nitrogens with one attached hydrogen (secondary N) is 2. The van der Waals surface area contributed by atoms with Gasteiger partial charge in [-0.1, -0.05) is 22.8 Å². The van der Waals surface area contributed by atoms with Crippen LogP contribution >= 0.6 is 0 Å². The van der Waals surface area contributed by atoms with Crippen LogP contribution < -0.4 is 10.6 Å². The maximum atomic E-state index is 12.4. The Bertz CT molecular complexity index is 1040. The predicted octanol–water partition coefficient (Wildman–Crippen LogP) is 2.68. The fraction of sp³-hybridized carbons (Fsp3) is 0.474. The summed E-state index contributed by atoms with van der Waals surface area (Å²) in [4.78, 5) is 24.0. The molecule has 0 saturated carbocycles. The van der Waals surface area contributed by atoms with Crippen molar-refractivity contribution in [2.75, 3.05) is 11.1 Å². The molecule has 0 unspecified atom stereocenters. The molecule has 0 bridgehead atoms. The minimum Gasteiger partial charge on any atom is -0.444 e. The third-order valence-electron chi connectivity index (χ3n) is 3.77. The topological polar surface area (TPSA) is 140 Å². The molecule has 11 heteroatoms. The number of sulfone groups is 1. The van der Waals surface area contributed by atoms with Crippen molar-refractivity contribution in [1.29, 1.82) is 0 Å². The van der Waals surface area contributed by atoms with E-state index in [-0.39, 0.29) is 5.89 Å². The molecule has 30 heavy (non-hydrogen) atoms. The van der Waals surface area contributed by atoms with Crippen LogP contribution in [0.3, 0.4) is 0 Å². The van der Waals surface area contributed by atoms with Crippen LogP contribution in [0, 0.1) is 13.8 Å². The largest absolute Gasteiger partial charge is 0.444 e. The molecule has 0 saturated heterocycles. The van der Waals surface area contributed by atoms with Gasteiger partial charge in [-0.15, -0.1) is 5.10 Å². The standard InChI is InChI=1S/C19H26N4O6S/c1-11-7-8-14(12(2)9-11)21-15(24)10-30(26,27)18-23-22-16(28-18)13(3)20-17(25)29-19(4,5)6/h7-9,13H,10H2,1-6H3,(H,20,25)(H,21,24)/t13-/m0/s1. The van der Waals surface area contributed by atoms with Gasteiger partial charge in [-0.3, -0.25) is 4.79 Å². The highest BCUT2D eigenvalue weighted by Gasteiger charge is 2.28. The highest BCUT2D eigenvalue weighted by Crippen LogP contribution is 2.18. The van der Waals surface area contributed by atoms with E-state index in [9.17, 15) is 18.0 Å². The molecule has 0 spiro atoms. The molecule has 1 heterocycles. The molecular weight excluding hydrogens is 412 g/mol. The lowest BCUT2D eigenvalue weighted by Gasteiger charge is -2.20. The van der Waals surface area contributed by atoms with Gasteiger partial charge in [0.15, 0.2) is 0 Å². The molecule has 2 amide bonds. The Morgan fingerprint density at radius 1 is 1.20 bits per heavy atom. The Hall–Kier alpha value is -2.95. The first kappa shape index (κ1) is 23.3. The van der Waals surface area contributed by atoms with Gasteiger partial charge in [0.1, 0.15) is 17.4 Å². The fourth-order valence-electron chi connectivity index (χ4n) is 2.44. The number of carbonyl (C=O) groups excluding carboxylic acids is 2. The normalized spacial score (nSPS) is 12.9. The molecule has 1 atom stereocenters. The number of rotatable bonds is 6. The quantitative estimate of drug-likeness (QED) is 0.701. The van der Waals surface area contributed by atoms with Crippen LogP contribution in [0.1, 0.15) is 50.8 Å². The zero-order chi connectivity index (χ0) is 22.7. The van der Waals surface area contributed by atoms with E-state index >= 15 is 0 Å². The van der Waals surface area contributed by atoms with Crippen LogP contribution in [0.2, 0.25) is 0 Å². The van der Waals surface area contributed by atoms with Crippen LogP contribution in [0.5, 0.6) is 0 Å². The van der Waals surface area contributed by atoms with Gasteiger partial charge in [0, 0.05) is 5.69 Å². The molecule has 2 aromatic rings. The first-order chi connectivity index (χ1) is 13.8. The Labute approximate surface area is 175 Å². The fourth-order valence-corrected chi connectivity index (χ4v) is 3.36. The van der Waals surface area contributed by atoms with Crippen LogP contribution in [-0.4, -0.2) is 42.0 Å². The molecule has 0 aliphatic rings. The summed E-state index contributed by atoms with van der Waals surface area (Å²) in [7, 11) is -4.17. The highest BCUT2D eigenvalue weighted by atomic mass is 32.2. The third kappa shape index (κ3) is 6.55. The maximum absolute atomic E-state index is 12.4. The first-order valence-corrected chi connectivity index (χ1v) is 10.8. The minimum absolute atomic E-state index is 0.130. The number of hydrogen-bond acceptors (Lipinski definition) is 8. The monoisotopic (exact) mass is 438 g/mol. The van der Waals surface area contributed by atoms with Gasteiger partial charge in [-0.25, -0.2) is 13.2 Å². The zero-order valence-corrected chi connectivity index (χ0v) is 18.6. The summed E-state index contributed by atoms with van der Waals surface area (Å²) in [5.74, 6) is -1.73. The van der Waals surface area contributed by atoms with E-state index in [1.807, 2.05) is 13.0 Å². The van der Waals surface area contributed by atoms with Crippen LogP contribution in [-0.2, 0) is 19.4 Å². The third-order valence-corrected chi connectivity index (χ3v) is 5.11. The number of ether oxygens (including phenoxy) is 1. The molecule has 10 nitrogen and oxygen atoms in total. The average Bonchev–Trinajstić information content (AvgIpc) is 3.06. The van der Waals surface area contributed by atoms with Crippen molar-refractivity contribution in [2.24, 2.45) is 0 Å². The molecule has 2 N–H and O–H groups in total. The van der Waals surface area contributed by atoms with E-state index in [1.165, 1.54) is 6.92 Å². The molecule has 0 radical (unpaired) electrons. The van der Waals surface area contributed by atoms with Crippen molar-refractivity contribution < 1.29 is 27.2 Å². The van der Waals surface area contributed by atoms with Crippen molar-refractivity contribution in [2.45, 2.75) is 58.4 Å². The van der Waals surface area contributed by atoms with E-state index in [1.54, 1.807) is 39.8 Å². The summed E-state index contributed by atoms with van der Waals surface area (Å²) in [6.45, 7) is 10.4. The van der Waals surface area contributed by atoms with Gasteiger partial charge in [0.2, 0.25) is 21.6 Å². The Morgan fingerprint density at radius 2 is 1.87 bits per heavy atom. The Balaban J connectivity index is 2.04. The van der Waals surface area contributed by atoms with Gasteiger partial charge in [-0.05, 0) is 53.2 Å². The number of aromatic nitrogens is 2. The van der Waals surface area contributed by atoms with Gasteiger partial charge in [0.05, 0.1) is 0 Å². The Kier molecular flexibility index (Phi) is 6.86. The van der Waals surface area contributed by atoms with Crippen molar-refractivity contribution in [1.82, 2.24) is 15.5 Å². The Morgan fingerprint density at radius 3 is 2.47 bits per heavy atom. The minimum atomic E-state index is -4.17. The summed E-state index contributed by atoms with van der Waals surface area (Å²) in [6.07, 6.45) is -0.717. The van der Waals surface area contributed by atoms with E-state index in [0.29, 0.717) is 5.69 Å². The summed E-state index contributed by atoms with van der Waals surface area (Å²) in [5.41, 5.74) is 1.65. The number of benzene rings is 1. The van der Waals surface area contributed by atoms with Crippen LogP contribution in [0.15, 0.2) is 27.8 Å². The van der Waals surface area contributed by atoms with Crippen LogP contribution in [0.25, 0.3) is 0 Å². The van der Waals surface area contributed by atoms with Crippen molar-refractivity contribution >= 4 is 27.5 Å². The molecule has 0 aliphatic carbocycles. The van der Waals surface area contributed by atoms with Gasteiger partial charge < -0.3 is 19.8 Å². The number of hydrogen-bond donors (Lipinski definition) is 2. The molecule has 164 valence electrons. The van der Waals surface area contributed by atoms with E-state index in [0.717, 1.165) is 11.1 Å². The summed E-state index contributed by atoms with van der Waals surface area (Å²) >= 11 is 0. The molecule has 1 aromatic heterocycles. The summed E-state index contributed by atoms with van der Waals surface area (Å²) < 4.78 is 35.2.